The number of amides is 1. The number of carbonyl (C=O) groups excluding carboxylic acids is 1. The Balaban J connectivity index is 1.47. The Hall–Kier alpha value is -3.73. The Morgan fingerprint density at radius 2 is 2.00 bits per heavy atom. The summed E-state index contributed by atoms with van der Waals surface area (Å²) in [4.78, 5) is 24.4. The van der Waals surface area contributed by atoms with E-state index in [0.29, 0.717) is 36.1 Å². The zero-order valence-electron chi connectivity index (χ0n) is 17.0. The molecular weight excluding hydrogens is 418 g/mol. The van der Waals surface area contributed by atoms with Gasteiger partial charge in [-0.15, -0.1) is 0 Å². The van der Waals surface area contributed by atoms with E-state index in [4.69, 9.17) is 0 Å². The van der Waals surface area contributed by atoms with Gasteiger partial charge in [0.1, 0.15) is 11.6 Å². The molecule has 11 heteroatoms. The van der Waals surface area contributed by atoms with Gasteiger partial charge in [0, 0.05) is 42.9 Å². The molecule has 3 N–H and O–H groups in total. The highest BCUT2D eigenvalue weighted by Gasteiger charge is 2.18. The minimum absolute atomic E-state index is 0.0223. The SMILES string of the molecule is CN(c1ncccc1CNc1ccnc(Nc2ccc3c(c2)CC(=O)N3)n1)S(C)(=O)=O. The first kappa shape index (κ1) is 20.5. The van der Waals surface area contributed by atoms with Gasteiger partial charge in [0.2, 0.25) is 21.9 Å². The first-order chi connectivity index (χ1) is 14.8. The molecule has 0 unspecified atom stereocenters. The molecule has 1 aromatic carbocycles. The minimum Gasteiger partial charge on any atom is -0.366 e. The van der Waals surface area contributed by atoms with E-state index in [9.17, 15) is 13.2 Å². The third-order valence-corrected chi connectivity index (χ3v) is 5.93. The van der Waals surface area contributed by atoms with E-state index in [1.165, 1.54) is 7.05 Å². The smallest absolute Gasteiger partial charge is 0.233 e. The van der Waals surface area contributed by atoms with Crippen LogP contribution in [0, 0.1) is 0 Å². The summed E-state index contributed by atoms with van der Waals surface area (Å²) in [6.45, 7) is 0.326. The number of anilines is 5. The second-order valence-corrected chi connectivity index (χ2v) is 9.07. The summed E-state index contributed by atoms with van der Waals surface area (Å²) >= 11 is 0. The van der Waals surface area contributed by atoms with Gasteiger partial charge in [-0.3, -0.25) is 9.10 Å². The van der Waals surface area contributed by atoms with Crippen molar-refractivity contribution < 1.29 is 13.2 Å². The van der Waals surface area contributed by atoms with Gasteiger partial charge in [-0.25, -0.2) is 18.4 Å². The van der Waals surface area contributed by atoms with Crippen molar-refractivity contribution in [3.63, 3.8) is 0 Å². The monoisotopic (exact) mass is 439 g/mol. The minimum atomic E-state index is -3.43. The van der Waals surface area contributed by atoms with Gasteiger partial charge in [-0.1, -0.05) is 6.07 Å². The molecule has 0 radical (unpaired) electrons. The van der Waals surface area contributed by atoms with Gasteiger partial charge in [0.05, 0.1) is 12.7 Å². The number of hydrogen-bond donors (Lipinski definition) is 3. The zero-order valence-corrected chi connectivity index (χ0v) is 17.8. The van der Waals surface area contributed by atoms with Crippen LogP contribution in [0.4, 0.5) is 29.0 Å². The van der Waals surface area contributed by atoms with Crippen LogP contribution >= 0.6 is 0 Å². The van der Waals surface area contributed by atoms with Crippen molar-refractivity contribution in [2.75, 3.05) is 33.6 Å². The van der Waals surface area contributed by atoms with Crippen molar-refractivity contribution in [2.45, 2.75) is 13.0 Å². The van der Waals surface area contributed by atoms with Crippen molar-refractivity contribution in [3.05, 3.63) is 59.9 Å². The number of hydrogen-bond acceptors (Lipinski definition) is 8. The van der Waals surface area contributed by atoms with Gasteiger partial charge >= 0.3 is 0 Å². The summed E-state index contributed by atoms with van der Waals surface area (Å²) in [7, 11) is -1.96. The number of pyridine rings is 1. The standard InChI is InChI=1S/C20H21N7O3S/c1-27(31(2,29)30)19-13(4-3-8-21-19)12-23-17-7-9-22-20(26-17)24-15-5-6-16-14(10-15)11-18(28)25-16/h3-10H,11-12H2,1-2H3,(H,25,28)(H2,22,23,24,26). The molecule has 4 rings (SSSR count). The van der Waals surface area contributed by atoms with Crippen LogP contribution < -0.4 is 20.3 Å². The van der Waals surface area contributed by atoms with Crippen molar-refractivity contribution >= 4 is 44.9 Å². The van der Waals surface area contributed by atoms with E-state index in [2.05, 4.69) is 30.9 Å². The third-order valence-electron chi connectivity index (χ3n) is 4.77. The van der Waals surface area contributed by atoms with Crippen molar-refractivity contribution in [3.8, 4) is 0 Å². The zero-order chi connectivity index (χ0) is 22.0. The van der Waals surface area contributed by atoms with Crippen LogP contribution in [0.3, 0.4) is 0 Å². The summed E-state index contributed by atoms with van der Waals surface area (Å²) in [5.41, 5.74) is 3.22. The highest BCUT2D eigenvalue weighted by atomic mass is 32.2. The van der Waals surface area contributed by atoms with Gasteiger partial charge in [0.15, 0.2) is 0 Å². The summed E-state index contributed by atoms with van der Waals surface area (Å²) < 4.78 is 24.9. The van der Waals surface area contributed by atoms with Crippen LogP contribution in [0.1, 0.15) is 11.1 Å². The van der Waals surface area contributed by atoms with Crippen LogP contribution in [0.15, 0.2) is 48.8 Å². The van der Waals surface area contributed by atoms with Crippen molar-refractivity contribution in [2.24, 2.45) is 0 Å². The molecule has 1 amide bonds. The molecule has 0 bridgehead atoms. The first-order valence-corrected chi connectivity index (χ1v) is 11.3. The molecule has 2 aromatic heterocycles. The van der Waals surface area contributed by atoms with Gasteiger partial charge in [0.25, 0.3) is 0 Å². The van der Waals surface area contributed by atoms with Crippen molar-refractivity contribution in [1.82, 2.24) is 15.0 Å². The molecule has 0 spiro atoms. The maximum atomic E-state index is 11.9. The van der Waals surface area contributed by atoms with Crippen LogP contribution in [0.25, 0.3) is 0 Å². The number of fused-ring (bicyclic) bond motifs is 1. The number of nitrogens with one attached hydrogen (secondary N) is 3. The summed E-state index contributed by atoms with van der Waals surface area (Å²) in [5, 5.41) is 9.11. The molecule has 31 heavy (non-hydrogen) atoms. The number of carbonyl (C=O) groups is 1. The number of sulfonamides is 1. The molecule has 1 aliphatic rings. The average Bonchev–Trinajstić information content (AvgIpc) is 3.11. The Labute approximate surface area is 179 Å². The molecule has 160 valence electrons. The Kier molecular flexibility index (Phi) is 5.42. The fraction of sp³-hybridized carbons (Fsp3) is 0.200. The van der Waals surface area contributed by atoms with Crippen LogP contribution in [0.2, 0.25) is 0 Å². The second-order valence-electron chi connectivity index (χ2n) is 7.06. The second kappa shape index (κ2) is 8.19. The lowest BCUT2D eigenvalue weighted by Crippen LogP contribution is -2.27. The molecule has 1 aliphatic heterocycles. The van der Waals surface area contributed by atoms with Crippen molar-refractivity contribution in [1.29, 1.82) is 0 Å². The predicted octanol–water partition coefficient (Wildman–Crippen LogP) is 2.12. The number of benzene rings is 1. The summed E-state index contributed by atoms with van der Waals surface area (Å²) in [6, 6.07) is 10.8. The summed E-state index contributed by atoms with van der Waals surface area (Å²) in [5.74, 6) is 1.28. The Morgan fingerprint density at radius 1 is 1.16 bits per heavy atom. The number of rotatable bonds is 7. The van der Waals surface area contributed by atoms with Crippen LogP contribution in [-0.4, -0.2) is 42.6 Å². The highest BCUT2D eigenvalue weighted by molar-refractivity contribution is 7.92. The predicted molar refractivity (Wildman–Crippen MR) is 119 cm³/mol. The van der Waals surface area contributed by atoms with E-state index in [0.717, 1.165) is 27.5 Å². The maximum absolute atomic E-state index is 11.9. The molecule has 0 saturated carbocycles. The Morgan fingerprint density at radius 3 is 2.81 bits per heavy atom. The van der Waals surface area contributed by atoms with E-state index in [1.807, 2.05) is 18.2 Å². The van der Waals surface area contributed by atoms with E-state index < -0.39 is 10.0 Å². The maximum Gasteiger partial charge on any atom is 0.233 e. The largest absolute Gasteiger partial charge is 0.366 e. The van der Waals surface area contributed by atoms with Crippen LogP contribution in [-0.2, 0) is 27.8 Å². The van der Waals surface area contributed by atoms with Crippen LogP contribution in [0.5, 0.6) is 0 Å². The molecule has 0 aliphatic carbocycles. The van der Waals surface area contributed by atoms with Gasteiger partial charge < -0.3 is 16.0 Å². The third kappa shape index (κ3) is 4.72. The first-order valence-electron chi connectivity index (χ1n) is 9.44. The van der Waals surface area contributed by atoms with Gasteiger partial charge in [-0.2, -0.15) is 4.98 Å². The molecule has 10 nitrogen and oxygen atoms in total. The normalized spacial score (nSPS) is 12.8. The van der Waals surface area contributed by atoms with E-state index >= 15 is 0 Å². The number of nitrogens with zero attached hydrogens (tertiary/aromatic N) is 4. The molecule has 0 fully saturated rings. The van der Waals surface area contributed by atoms with E-state index in [-0.39, 0.29) is 5.91 Å². The molecule has 0 saturated heterocycles. The Bertz CT molecular complexity index is 1250. The lowest BCUT2D eigenvalue weighted by atomic mass is 10.1. The average molecular weight is 440 g/mol. The van der Waals surface area contributed by atoms with Gasteiger partial charge in [-0.05, 0) is 35.9 Å². The molecule has 0 atom stereocenters. The lowest BCUT2D eigenvalue weighted by molar-refractivity contribution is -0.115. The van der Waals surface area contributed by atoms with E-state index in [1.54, 1.807) is 30.6 Å². The fourth-order valence-electron chi connectivity index (χ4n) is 3.15. The molecule has 3 aromatic rings. The molecule has 3 heterocycles. The lowest BCUT2D eigenvalue weighted by Gasteiger charge is -2.19. The molecular formula is C20H21N7O3S. The topological polar surface area (TPSA) is 129 Å². The fourth-order valence-corrected chi connectivity index (χ4v) is 3.63. The highest BCUT2D eigenvalue weighted by Crippen LogP contribution is 2.27. The summed E-state index contributed by atoms with van der Waals surface area (Å²) in [6.07, 6.45) is 4.64. The number of aromatic nitrogens is 3. The quantitative estimate of drug-likeness (QED) is 0.511.